The van der Waals surface area contributed by atoms with Crippen molar-refractivity contribution in [3.63, 3.8) is 0 Å². The SMILES string of the molecule is CC(CCOCCOCCC(=O)NCCCC[C@H](NC(=O)C(C)(C)CCC(=O)O)C(=O)O)CNC(=O)CCC(=O)N(CCNC(=O)CSC(C)C)CCNC(=O)CSC(C)C. The Morgan fingerprint density at radius 2 is 1.16 bits per heavy atom. The number of carboxylic acids is 2. The van der Waals surface area contributed by atoms with Gasteiger partial charge in [0.15, 0.2) is 0 Å². The van der Waals surface area contributed by atoms with Gasteiger partial charge in [-0.3, -0.25) is 33.6 Å². The predicted octanol–water partition coefficient (Wildman–Crippen LogP) is 2.42. The molecule has 2 atom stereocenters. The molecule has 0 fully saturated rings. The molecular weight excluding hydrogens is 833 g/mol. The topological polar surface area (TPSA) is 259 Å². The van der Waals surface area contributed by atoms with Crippen molar-refractivity contribution in [3.05, 3.63) is 0 Å². The summed E-state index contributed by atoms with van der Waals surface area (Å²) in [6, 6.07) is -1.12. The first-order chi connectivity index (χ1) is 28.7. The van der Waals surface area contributed by atoms with Gasteiger partial charge in [0.2, 0.25) is 35.4 Å². The molecule has 1 unspecified atom stereocenters. The Balaban J connectivity index is 4.27. The summed E-state index contributed by atoms with van der Waals surface area (Å²) in [7, 11) is 0. The van der Waals surface area contributed by atoms with E-state index in [0.717, 1.165) is 0 Å². The lowest BCUT2D eigenvalue weighted by molar-refractivity contribution is -0.144. The maximum absolute atomic E-state index is 13.1. The van der Waals surface area contributed by atoms with Gasteiger partial charge in [-0.2, -0.15) is 0 Å². The fourth-order valence-electron chi connectivity index (χ4n) is 5.17. The lowest BCUT2D eigenvalue weighted by atomic mass is 9.86. The lowest BCUT2D eigenvalue weighted by Crippen LogP contribution is -2.46. The third kappa shape index (κ3) is 32.7. The second kappa shape index (κ2) is 33.9. The van der Waals surface area contributed by atoms with Crippen LogP contribution in [0.2, 0.25) is 0 Å². The fraction of sp³-hybridized carbons (Fsp3) is 0.805. The summed E-state index contributed by atoms with van der Waals surface area (Å²) < 4.78 is 11.1. The molecule has 0 aromatic heterocycles. The van der Waals surface area contributed by atoms with E-state index < -0.39 is 29.3 Å². The zero-order chi connectivity index (χ0) is 46.2. The van der Waals surface area contributed by atoms with Crippen molar-refractivity contribution < 1.29 is 58.0 Å². The van der Waals surface area contributed by atoms with Crippen molar-refractivity contribution in [2.45, 2.75) is 123 Å². The third-order valence-electron chi connectivity index (χ3n) is 9.09. The number of rotatable bonds is 37. The van der Waals surface area contributed by atoms with Gasteiger partial charge in [-0.25, -0.2) is 4.79 Å². The minimum Gasteiger partial charge on any atom is -0.481 e. The molecule has 352 valence electrons. The summed E-state index contributed by atoms with van der Waals surface area (Å²) in [6.45, 7) is 16.2. The molecule has 0 aliphatic carbocycles. The number of amides is 6. The maximum atomic E-state index is 13.1. The van der Waals surface area contributed by atoms with Crippen LogP contribution in [0.3, 0.4) is 0 Å². The molecule has 0 saturated carbocycles. The minimum absolute atomic E-state index is 0.00400. The van der Waals surface area contributed by atoms with Crippen molar-refractivity contribution >= 4 is 70.9 Å². The van der Waals surface area contributed by atoms with E-state index in [-0.39, 0.29) is 107 Å². The first-order valence-electron chi connectivity index (χ1n) is 21.2. The highest BCUT2D eigenvalue weighted by molar-refractivity contribution is 8.00. The summed E-state index contributed by atoms with van der Waals surface area (Å²) in [5.41, 5.74) is -1.03. The molecule has 7 N–H and O–H groups in total. The van der Waals surface area contributed by atoms with Crippen LogP contribution >= 0.6 is 23.5 Å². The van der Waals surface area contributed by atoms with Gasteiger partial charge in [-0.05, 0) is 48.5 Å². The average molecular weight is 907 g/mol. The van der Waals surface area contributed by atoms with Gasteiger partial charge in [-0.15, -0.1) is 23.5 Å². The van der Waals surface area contributed by atoms with Crippen molar-refractivity contribution in [2.75, 3.05) is 77.2 Å². The Bertz CT molecular complexity index is 1320. The summed E-state index contributed by atoms with van der Waals surface area (Å²) >= 11 is 3.06. The molecule has 0 aromatic carbocycles. The van der Waals surface area contributed by atoms with Crippen LogP contribution in [-0.2, 0) is 47.8 Å². The van der Waals surface area contributed by atoms with Crippen LogP contribution in [-0.4, -0.2) is 156 Å². The Labute approximate surface area is 370 Å². The summed E-state index contributed by atoms with van der Waals surface area (Å²) in [5.74, 6) is -2.89. The number of hydrogen-bond donors (Lipinski definition) is 7. The normalized spacial score (nSPS) is 12.3. The van der Waals surface area contributed by atoms with Crippen molar-refractivity contribution in [2.24, 2.45) is 11.3 Å². The van der Waals surface area contributed by atoms with E-state index in [9.17, 15) is 43.5 Å². The molecule has 0 heterocycles. The third-order valence-corrected chi connectivity index (χ3v) is 11.3. The van der Waals surface area contributed by atoms with Gasteiger partial charge in [0.05, 0.1) is 31.3 Å². The number of hydrogen-bond acceptors (Lipinski definition) is 12. The van der Waals surface area contributed by atoms with Crippen LogP contribution in [0.25, 0.3) is 0 Å². The lowest BCUT2D eigenvalue weighted by Gasteiger charge is -2.25. The molecule has 0 aliphatic rings. The number of nitrogens with zero attached hydrogens (tertiary/aromatic N) is 1. The van der Waals surface area contributed by atoms with Gasteiger partial charge in [0.25, 0.3) is 0 Å². The highest BCUT2D eigenvalue weighted by atomic mass is 32.2. The van der Waals surface area contributed by atoms with Gasteiger partial charge < -0.3 is 51.2 Å². The van der Waals surface area contributed by atoms with Crippen LogP contribution in [0.5, 0.6) is 0 Å². The molecule has 0 spiro atoms. The largest absolute Gasteiger partial charge is 0.481 e. The first kappa shape index (κ1) is 57.4. The molecule has 18 nitrogen and oxygen atoms in total. The fourth-order valence-corrected chi connectivity index (χ4v) is 6.34. The van der Waals surface area contributed by atoms with Gasteiger partial charge in [-0.1, -0.05) is 48.5 Å². The maximum Gasteiger partial charge on any atom is 0.326 e. The monoisotopic (exact) mass is 906 g/mol. The molecule has 0 aromatic rings. The zero-order valence-corrected chi connectivity index (χ0v) is 39.0. The molecule has 0 rings (SSSR count). The van der Waals surface area contributed by atoms with Crippen LogP contribution in [0.15, 0.2) is 0 Å². The number of thioether (sulfide) groups is 2. The number of carboxylic acid groups (broad SMARTS) is 2. The van der Waals surface area contributed by atoms with E-state index in [1.807, 2.05) is 34.6 Å². The Morgan fingerprint density at radius 1 is 0.623 bits per heavy atom. The van der Waals surface area contributed by atoms with Crippen molar-refractivity contribution in [1.29, 1.82) is 0 Å². The molecular formula is C41H74N6O12S2. The summed E-state index contributed by atoms with van der Waals surface area (Å²) in [4.78, 5) is 98.6. The van der Waals surface area contributed by atoms with Crippen molar-refractivity contribution in [1.82, 2.24) is 31.5 Å². The Hall–Kier alpha value is -3.62. The van der Waals surface area contributed by atoms with Crippen LogP contribution in [0, 0.1) is 11.3 Å². The van der Waals surface area contributed by atoms with Crippen LogP contribution in [0.1, 0.15) is 106 Å². The molecule has 20 heteroatoms. The van der Waals surface area contributed by atoms with Gasteiger partial charge in [0, 0.05) is 77.0 Å². The number of carbonyl (C=O) groups is 8. The van der Waals surface area contributed by atoms with E-state index in [1.54, 1.807) is 18.7 Å². The zero-order valence-electron chi connectivity index (χ0n) is 37.4. The number of ether oxygens (including phenoxy) is 2. The number of aliphatic carboxylic acids is 2. The number of nitrogens with one attached hydrogen (secondary N) is 5. The molecule has 0 bridgehead atoms. The number of carbonyl (C=O) groups excluding carboxylic acids is 6. The highest BCUT2D eigenvalue weighted by Gasteiger charge is 2.31. The first-order valence-corrected chi connectivity index (χ1v) is 23.3. The molecule has 0 radical (unpaired) electrons. The Morgan fingerprint density at radius 3 is 1.70 bits per heavy atom. The van der Waals surface area contributed by atoms with E-state index >= 15 is 0 Å². The molecule has 0 saturated heterocycles. The molecule has 6 amide bonds. The van der Waals surface area contributed by atoms with Crippen molar-refractivity contribution in [3.8, 4) is 0 Å². The minimum atomic E-state index is -1.18. The summed E-state index contributed by atoms with van der Waals surface area (Å²) in [6.07, 6.45) is 1.82. The molecule has 0 aliphatic heterocycles. The number of unbranched alkanes of at least 4 members (excludes halogenated alkanes) is 1. The predicted molar refractivity (Wildman–Crippen MR) is 237 cm³/mol. The Kier molecular flexibility index (Phi) is 31.9. The summed E-state index contributed by atoms with van der Waals surface area (Å²) in [5, 5.41) is 32.8. The highest BCUT2D eigenvalue weighted by Crippen LogP contribution is 2.23. The average Bonchev–Trinajstić information content (AvgIpc) is 3.19. The molecule has 61 heavy (non-hydrogen) atoms. The van der Waals surface area contributed by atoms with E-state index in [2.05, 4.69) is 26.6 Å². The smallest absolute Gasteiger partial charge is 0.326 e. The van der Waals surface area contributed by atoms with Gasteiger partial charge >= 0.3 is 11.9 Å². The van der Waals surface area contributed by atoms with E-state index in [1.165, 1.54) is 23.5 Å². The standard InChI is InChI=1S/C41H74N6O12S2/c1-29(2)60-27-35(50)43-18-20-47(21-19-44-36(51)28-61-30(3)4)37(52)12-11-33(48)45-26-31(5)14-22-58-24-25-59-23-15-34(49)42-17-9-8-10-32(39(55)56)46-40(57)41(6,7)16-13-38(53)54/h29-32H,8-28H2,1-7H3,(H,42,49)(H,43,50)(H,44,51)(H,45,48)(H,46,57)(H,53,54)(H,55,56)/t31?,32-/m0/s1. The van der Waals surface area contributed by atoms with E-state index in [4.69, 9.17) is 14.6 Å². The quantitative estimate of drug-likeness (QED) is 0.0442. The second-order valence-corrected chi connectivity index (χ2v) is 19.1. The van der Waals surface area contributed by atoms with Crippen LogP contribution < -0.4 is 26.6 Å². The second-order valence-electron chi connectivity index (χ2n) is 16.0. The van der Waals surface area contributed by atoms with Crippen LogP contribution in [0.4, 0.5) is 0 Å². The van der Waals surface area contributed by atoms with E-state index in [0.29, 0.717) is 74.2 Å². The van der Waals surface area contributed by atoms with Gasteiger partial charge in [0.1, 0.15) is 6.04 Å².